The molecule has 1 aliphatic rings. The van der Waals surface area contributed by atoms with Crippen LogP contribution in [-0.2, 0) is 6.54 Å². The number of methoxy groups -OCH3 is 1. The molecular formula is C17H27ClIN3O2. The standard InChI is InChI=1S/C17H26ClN3O2.HI/c1-4-19-17(21-8-6-7-9-21)20-12-13-10-14(18)16(23-5-2)15(11-13)22-3;/h10-11H,4-9,12H2,1-3H3,(H,19,20);1H. The van der Waals surface area contributed by atoms with E-state index in [1.165, 1.54) is 12.8 Å². The van der Waals surface area contributed by atoms with Gasteiger partial charge in [0.15, 0.2) is 17.5 Å². The van der Waals surface area contributed by atoms with Crippen molar-refractivity contribution in [1.82, 2.24) is 10.2 Å². The van der Waals surface area contributed by atoms with Crippen molar-refractivity contribution < 1.29 is 9.47 Å². The summed E-state index contributed by atoms with van der Waals surface area (Å²) in [6.07, 6.45) is 2.46. The smallest absolute Gasteiger partial charge is 0.194 e. The molecular weight excluding hydrogens is 441 g/mol. The summed E-state index contributed by atoms with van der Waals surface area (Å²) >= 11 is 6.32. The molecule has 1 fully saturated rings. The second kappa shape index (κ2) is 10.9. The molecule has 1 aliphatic heterocycles. The van der Waals surface area contributed by atoms with Gasteiger partial charge in [-0.15, -0.1) is 24.0 Å². The Kier molecular flexibility index (Phi) is 9.58. The van der Waals surface area contributed by atoms with Crippen molar-refractivity contribution in [2.45, 2.75) is 33.2 Å². The van der Waals surface area contributed by atoms with Crippen molar-refractivity contribution in [2.24, 2.45) is 4.99 Å². The number of nitrogens with one attached hydrogen (secondary N) is 1. The molecule has 0 aliphatic carbocycles. The van der Waals surface area contributed by atoms with Gasteiger partial charge >= 0.3 is 0 Å². The van der Waals surface area contributed by atoms with Gasteiger partial charge in [0.2, 0.25) is 0 Å². The SMILES string of the molecule is CCNC(=NCc1cc(Cl)c(OCC)c(OC)c1)N1CCCC1.I. The Bertz CT molecular complexity index is 549. The van der Waals surface area contributed by atoms with Crippen LogP contribution >= 0.6 is 35.6 Å². The number of ether oxygens (including phenoxy) is 2. The Morgan fingerprint density at radius 3 is 2.58 bits per heavy atom. The van der Waals surface area contributed by atoms with E-state index in [4.69, 9.17) is 26.1 Å². The van der Waals surface area contributed by atoms with Crippen LogP contribution in [-0.4, -0.2) is 44.2 Å². The van der Waals surface area contributed by atoms with Crippen LogP contribution in [0, 0.1) is 0 Å². The molecule has 136 valence electrons. The molecule has 24 heavy (non-hydrogen) atoms. The highest BCUT2D eigenvalue weighted by molar-refractivity contribution is 14.0. The summed E-state index contributed by atoms with van der Waals surface area (Å²) in [7, 11) is 1.62. The summed E-state index contributed by atoms with van der Waals surface area (Å²) in [6.45, 7) is 8.12. The Balaban J connectivity index is 0.00000288. The fraction of sp³-hybridized carbons (Fsp3) is 0.588. The van der Waals surface area contributed by atoms with E-state index in [1.54, 1.807) is 7.11 Å². The van der Waals surface area contributed by atoms with Crippen LogP contribution in [0.5, 0.6) is 11.5 Å². The molecule has 0 unspecified atom stereocenters. The number of guanidine groups is 1. The lowest BCUT2D eigenvalue weighted by Gasteiger charge is -2.20. The number of rotatable bonds is 6. The summed E-state index contributed by atoms with van der Waals surface area (Å²) in [4.78, 5) is 7.04. The molecule has 0 bridgehead atoms. The molecule has 0 atom stereocenters. The van der Waals surface area contributed by atoms with E-state index in [0.717, 1.165) is 31.2 Å². The molecule has 7 heteroatoms. The van der Waals surface area contributed by atoms with Gasteiger partial charge in [-0.1, -0.05) is 11.6 Å². The monoisotopic (exact) mass is 467 g/mol. The Labute approximate surface area is 166 Å². The lowest BCUT2D eigenvalue weighted by atomic mass is 10.2. The minimum absolute atomic E-state index is 0. The molecule has 2 rings (SSSR count). The molecule has 1 N–H and O–H groups in total. The number of likely N-dealkylation sites (tertiary alicyclic amines) is 1. The zero-order chi connectivity index (χ0) is 16.7. The minimum atomic E-state index is 0. The van der Waals surface area contributed by atoms with Gasteiger partial charge in [0.25, 0.3) is 0 Å². The first-order valence-electron chi connectivity index (χ1n) is 8.22. The highest BCUT2D eigenvalue weighted by Gasteiger charge is 2.16. The fourth-order valence-electron chi connectivity index (χ4n) is 2.67. The highest BCUT2D eigenvalue weighted by atomic mass is 127. The minimum Gasteiger partial charge on any atom is -0.493 e. The maximum atomic E-state index is 6.32. The third-order valence-electron chi connectivity index (χ3n) is 3.73. The van der Waals surface area contributed by atoms with Crippen molar-refractivity contribution in [3.8, 4) is 11.5 Å². The van der Waals surface area contributed by atoms with E-state index in [1.807, 2.05) is 19.1 Å². The van der Waals surface area contributed by atoms with Crippen LogP contribution in [0.4, 0.5) is 0 Å². The third kappa shape index (κ3) is 5.58. The molecule has 1 heterocycles. The Hall–Kier alpha value is -0.890. The highest BCUT2D eigenvalue weighted by Crippen LogP contribution is 2.36. The van der Waals surface area contributed by atoms with Crippen molar-refractivity contribution >= 4 is 41.5 Å². The van der Waals surface area contributed by atoms with Crippen LogP contribution in [0.3, 0.4) is 0 Å². The molecule has 0 radical (unpaired) electrons. The van der Waals surface area contributed by atoms with Gasteiger partial charge in [0, 0.05) is 19.6 Å². The van der Waals surface area contributed by atoms with Gasteiger partial charge in [-0.25, -0.2) is 4.99 Å². The summed E-state index contributed by atoms with van der Waals surface area (Å²) in [6, 6.07) is 3.83. The van der Waals surface area contributed by atoms with Crippen LogP contribution in [0.25, 0.3) is 0 Å². The average molecular weight is 468 g/mol. The summed E-state index contributed by atoms with van der Waals surface area (Å²) in [5.41, 5.74) is 1.00. The zero-order valence-electron chi connectivity index (χ0n) is 14.6. The van der Waals surface area contributed by atoms with E-state index >= 15 is 0 Å². The van der Waals surface area contributed by atoms with Crippen LogP contribution in [0.15, 0.2) is 17.1 Å². The van der Waals surface area contributed by atoms with E-state index in [2.05, 4.69) is 17.1 Å². The Morgan fingerprint density at radius 1 is 1.29 bits per heavy atom. The van der Waals surface area contributed by atoms with Gasteiger partial charge in [-0.05, 0) is 44.4 Å². The first-order chi connectivity index (χ1) is 11.2. The van der Waals surface area contributed by atoms with Crippen molar-refractivity contribution in [3.05, 3.63) is 22.7 Å². The first-order valence-corrected chi connectivity index (χ1v) is 8.59. The normalized spacial score (nSPS) is 14.3. The second-order valence-electron chi connectivity index (χ2n) is 5.41. The maximum Gasteiger partial charge on any atom is 0.194 e. The zero-order valence-corrected chi connectivity index (χ0v) is 17.7. The molecule has 1 saturated heterocycles. The van der Waals surface area contributed by atoms with Gasteiger partial charge in [-0.2, -0.15) is 0 Å². The maximum absolute atomic E-state index is 6.32. The van der Waals surface area contributed by atoms with Crippen molar-refractivity contribution in [3.63, 3.8) is 0 Å². The van der Waals surface area contributed by atoms with Crippen LogP contribution < -0.4 is 14.8 Å². The van der Waals surface area contributed by atoms with Gasteiger partial charge in [0.05, 0.1) is 25.3 Å². The predicted octanol–water partition coefficient (Wildman–Crippen LogP) is 3.93. The van der Waals surface area contributed by atoms with Crippen molar-refractivity contribution in [2.75, 3.05) is 33.4 Å². The molecule has 1 aromatic carbocycles. The largest absolute Gasteiger partial charge is 0.493 e. The predicted molar refractivity (Wildman–Crippen MR) is 110 cm³/mol. The van der Waals surface area contributed by atoms with Gasteiger partial charge < -0.3 is 19.7 Å². The number of benzene rings is 1. The molecule has 0 spiro atoms. The number of aliphatic imine (C=N–C) groups is 1. The summed E-state index contributed by atoms with van der Waals surface area (Å²) in [5, 5.41) is 3.91. The Morgan fingerprint density at radius 2 is 2.00 bits per heavy atom. The molecule has 0 amide bonds. The van der Waals surface area contributed by atoms with E-state index in [0.29, 0.717) is 29.7 Å². The van der Waals surface area contributed by atoms with Crippen LogP contribution in [0.2, 0.25) is 5.02 Å². The fourth-order valence-corrected chi connectivity index (χ4v) is 2.96. The average Bonchev–Trinajstić information content (AvgIpc) is 3.08. The summed E-state index contributed by atoms with van der Waals surface area (Å²) < 4.78 is 10.9. The lowest BCUT2D eigenvalue weighted by Crippen LogP contribution is -2.39. The molecule has 1 aromatic rings. The van der Waals surface area contributed by atoms with E-state index in [-0.39, 0.29) is 24.0 Å². The number of nitrogens with zero attached hydrogens (tertiary/aromatic N) is 2. The van der Waals surface area contributed by atoms with Crippen molar-refractivity contribution in [1.29, 1.82) is 0 Å². The third-order valence-corrected chi connectivity index (χ3v) is 4.01. The van der Waals surface area contributed by atoms with Crippen LogP contribution in [0.1, 0.15) is 32.3 Å². The summed E-state index contributed by atoms with van der Waals surface area (Å²) in [5.74, 6) is 2.21. The molecule has 0 aromatic heterocycles. The van der Waals surface area contributed by atoms with E-state index < -0.39 is 0 Å². The number of hydrogen-bond donors (Lipinski definition) is 1. The molecule has 5 nitrogen and oxygen atoms in total. The molecule has 0 saturated carbocycles. The first kappa shape index (κ1) is 21.2. The number of halogens is 2. The number of hydrogen-bond acceptors (Lipinski definition) is 3. The van der Waals surface area contributed by atoms with Gasteiger partial charge in [0.1, 0.15) is 0 Å². The lowest BCUT2D eigenvalue weighted by molar-refractivity contribution is 0.311. The van der Waals surface area contributed by atoms with Gasteiger partial charge in [-0.3, -0.25) is 0 Å². The van der Waals surface area contributed by atoms with E-state index in [9.17, 15) is 0 Å². The topological polar surface area (TPSA) is 46.1 Å². The quantitative estimate of drug-likeness (QED) is 0.391. The second-order valence-corrected chi connectivity index (χ2v) is 5.81.